The molecule has 1 aliphatic rings. The van der Waals surface area contributed by atoms with Gasteiger partial charge in [0.05, 0.1) is 5.69 Å². The molecule has 1 N–H and O–H groups in total. The fourth-order valence-electron chi connectivity index (χ4n) is 3.40. The van der Waals surface area contributed by atoms with Gasteiger partial charge in [0.1, 0.15) is 5.03 Å². The van der Waals surface area contributed by atoms with Crippen LogP contribution in [-0.2, 0) is 0 Å². The molecule has 0 saturated heterocycles. The Morgan fingerprint density at radius 2 is 1.70 bits per heavy atom. The van der Waals surface area contributed by atoms with Gasteiger partial charge in [-0.25, -0.2) is 4.68 Å². The van der Waals surface area contributed by atoms with E-state index >= 15 is 0 Å². The van der Waals surface area contributed by atoms with Crippen LogP contribution in [0.2, 0.25) is 0 Å². The molecule has 2 heterocycles. The first-order valence-electron chi connectivity index (χ1n) is 9.70. The Balaban J connectivity index is 1.56. The van der Waals surface area contributed by atoms with Crippen LogP contribution in [0.5, 0.6) is 0 Å². The second kappa shape index (κ2) is 7.69. The summed E-state index contributed by atoms with van der Waals surface area (Å²) in [6.45, 7) is 2.01. The highest BCUT2D eigenvalue weighted by Gasteiger charge is 2.23. The maximum Gasteiger partial charge on any atom is 0.188 e. The summed E-state index contributed by atoms with van der Waals surface area (Å²) in [4.78, 5) is 14.0. The summed E-state index contributed by atoms with van der Waals surface area (Å²) in [6.07, 6.45) is 1.67. The van der Waals surface area contributed by atoms with Gasteiger partial charge < -0.3 is 5.32 Å². The smallest absolute Gasteiger partial charge is 0.188 e. The van der Waals surface area contributed by atoms with E-state index in [0.29, 0.717) is 5.56 Å². The number of benzene rings is 3. The van der Waals surface area contributed by atoms with Crippen molar-refractivity contribution in [2.45, 2.75) is 11.8 Å². The van der Waals surface area contributed by atoms with Crippen LogP contribution in [0.3, 0.4) is 0 Å². The Morgan fingerprint density at radius 1 is 0.967 bits per heavy atom. The summed E-state index contributed by atoms with van der Waals surface area (Å²) in [7, 11) is 0. The van der Waals surface area contributed by atoms with E-state index in [9.17, 15) is 4.79 Å². The third-order valence-electron chi connectivity index (χ3n) is 4.93. The first-order valence-corrected chi connectivity index (χ1v) is 10.5. The first kappa shape index (κ1) is 18.5. The van der Waals surface area contributed by atoms with Gasteiger partial charge in [-0.3, -0.25) is 4.79 Å². The molecule has 3 aromatic carbocycles. The van der Waals surface area contributed by atoms with Crippen molar-refractivity contribution in [3.63, 3.8) is 0 Å². The SMILES string of the molecule is Cc1ccc(C(=O)/C=C2/Sc3ccccc3-c3cc(Nc4ccccc4)nn32)cc1. The highest BCUT2D eigenvalue weighted by atomic mass is 32.2. The number of aryl methyl sites for hydroxylation is 1. The van der Waals surface area contributed by atoms with Crippen molar-refractivity contribution >= 4 is 34.1 Å². The van der Waals surface area contributed by atoms with Crippen molar-refractivity contribution in [1.29, 1.82) is 0 Å². The number of carbonyl (C=O) groups is 1. The summed E-state index contributed by atoms with van der Waals surface area (Å²) >= 11 is 1.56. The Labute approximate surface area is 179 Å². The monoisotopic (exact) mass is 409 g/mol. The van der Waals surface area contributed by atoms with Crippen LogP contribution in [0.25, 0.3) is 16.3 Å². The van der Waals surface area contributed by atoms with Crippen molar-refractivity contribution in [3.05, 3.63) is 102 Å². The molecule has 0 bridgehead atoms. The summed E-state index contributed by atoms with van der Waals surface area (Å²) in [5.74, 6) is 0.707. The number of hydrogen-bond donors (Lipinski definition) is 1. The van der Waals surface area contributed by atoms with Gasteiger partial charge in [-0.1, -0.05) is 78.0 Å². The molecule has 30 heavy (non-hydrogen) atoms. The van der Waals surface area contributed by atoms with Crippen LogP contribution < -0.4 is 5.32 Å². The van der Waals surface area contributed by atoms with Gasteiger partial charge in [0, 0.05) is 33.9 Å². The number of carbonyl (C=O) groups excluding carboxylic acids is 1. The van der Waals surface area contributed by atoms with Crippen LogP contribution in [0.4, 0.5) is 11.5 Å². The zero-order valence-electron chi connectivity index (χ0n) is 16.4. The maximum absolute atomic E-state index is 12.9. The lowest BCUT2D eigenvalue weighted by Gasteiger charge is -2.19. The third kappa shape index (κ3) is 3.55. The zero-order chi connectivity index (χ0) is 20.5. The molecule has 4 aromatic rings. The normalized spacial score (nSPS) is 13.6. The van der Waals surface area contributed by atoms with E-state index in [-0.39, 0.29) is 5.78 Å². The zero-order valence-corrected chi connectivity index (χ0v) is 17.2. The van der Waals surface area contributed by atoms with Crippen LogP contribution in [0.1, 0.15) is 15.9 Å². The number of ketones is 1. The Morgan fingerprint density at radius 3 is 2.50 bits per heavy atom. The molecule has 0 aliphatic carbocycles. The molecular weight excluding hydrogens is 390 g/mol. The minimum atomic E-state index is -0.0316. The number of hydrogen-bond acceptors (Lipinski definition) is 4. The standard InChI is InChI=1S/C25H19N3OS/c1-17-11-13-18(14-12-17)22(29)16-25-28-21(20-9-5-6-10-23(20)30-25)15-24(27-28)26-19-7-3-2-4-8-19/h2-16H,1H3,(H,26,27)/b25-16+. The number of thioether (sulfide) groups is 1. The third-order valence-corrected chi connectivity index (χ3v) is 6.01. The molecule has 5 rings (SSSR count). The molecule has 0 spiro atoms. The Bertz CT molecular complexity index is 1260. The van der Waals surface area contributed by atoms with Gasteiger partial charge in [0.2, 0.25) is 0 Å². The molecule has 4 nitrogen and oxygen atoms in total. The predicted molar refractivity (Wildman–Crippen MR) is 123 cm³/mol. The number of anilines is 2. The number of nitrogens with zero attached hydrogens (tertiary/aromatic N) is 2. The molecule has 0 saturated carbocycles. The number of allylic oxidation sites excluding steroid dienone is 1. The largest absolute Gasteiger partial charge is 0.339 e. The van der Waals surface area contributed by atoms with Crippen molar-refractivity contribution in [3.8, 4) is 11.3 Å². The lowest BCUT2D eigenvalue weighted by Crippen LogP contribution is -2.07. The van der Waals surface area contributed by atoms with E-state index in [1.165, 1.54) is 0 Å². The first-order chi connectivity index (χ1) is 14.7. The van der Waals surface area contributed by atoms with E-state index in [1.54, 1.807) is 17.8 Å². The van der Waals surface area contributed by atoms with E-state index in [1.807, 2.05) is 84.4 Å². The second-order valence-corrected chi connectivity index (χ2v) is 8.19. The van der Waals surface area contributed by atoms with Crippen LogP contribution >= 0.6 is 11.8 Å². The Kier molecular flexibility index (Phi) is 4.73. The van der Waals surface area contributed by atoms with Crippen molar-refractivity contribution in [2.75, 3.05) is 5.32 Å². The van der Waals surface area contributed by atoms with Crippen LogP contribution in [0, 0.1) is 6.92 Å². The number of fused-ring (bicyclic) bond motifs is 3. The number of rotatable bonds is 4. The summed E-state index contributed by atoms with van der Waals surface area (Å²) < 4.78 is 1.85. The molecule has 1 aromatic heterocycles. The van der Waals surface area contributed by atoms with Gasteiger partial charge in [-0.2, -0.15) is 0 Å². The van der Waals surface area contributed by atoms with Gasteiger partial charge in [-0.05, 0) is 25.1 Å². The average molecular weight is 410 g/mol. The van der Waals surface area contributed by atoms with Crippen molar-refractivity contribution in [2.24, 2.45) is 0 Å². The minimum Gasteiger partial charge on any atom is -0.339 e. The van der Waals surface area contributed by atoms with Gasteiger partial charge in [0.25, 0.3) is 0 Å². The van der Waals surface area contributed by atoms with Crippen molar-refractivity contribution < 1.29 is 4.79 Å². The number of aromatic nitrogens is 2. The quantitative estimate of drug-likeness (QED) is 0.313. The van der Waals surface area contributed by atoms with Crippen LogP contribution in [0.15, 0.2) is 95.9 Å². The molecule has 146 valence electrons. The molecule has 0 unspecified atom stereocenters. The lowest BCUT2D eigenvalue weighted by molar-refractivity contribution is 0.104. The molecule has 0 radical (unpaired) electrons. The average Bonchev–Trinajstić information content (AvgIpc) is 3.19. The maximum atomic E-state index is 12.9. The highest BCUT2D eigenvalue weighted by Crippen LogP contribution is 2.45. The fourth-order valence-corrected chi connectivity index (χ4v) is 4.44. The van der Waals surface area contributed by atoms with E-state index < -0.39 is 0 Å². The van der Waals surface area contributed by atoms with Crippen molar-refractivity contribution in [1.82, 2.24) is 9.78 Å². The van der Waals surface area contributed by atoms with E-state index in [4.69, 9.17) is 5.10 Å². The van der Waals surface area contributed by atoms with Crippen LogP contribution in [-0.4, -0.2) is 15.6 Å². The number of para-hydroxylation sites is 1. The lowest BCUT2D eigenvalue weighted by atomic mass is 10.1. The molecule has 0 atom stereocenters. The fraction of sp³-hybridized carbons (Fsp3) is 0.0400. The summed E-state index contributed by atoms with van der Waals surface area (Å²) in [5.41, 5.74) is 4.84. The second-order valence-electron chi connectivity index (χ2n) is 7.13. The molecule has 0 fully saturated rings. The predicted octanol–water partition coefficient (Wildman–Crippen LogP) is 6.39. The summed E-state index contributed by atoms with van der Waals surface area (Å²) in [5, 5.41) is 8.89. The molecule has 5 heteroatoms. The Hall–Kier alpha value is -3.57. The molecular formula is C25H19N3OS. The van der Waals surface area contributed by atoms with Gasteiger partial charge in [0.15, 0.2) is 11.6 Å². The van der Waals surface area contributed by atoms with Gasteiger partial charge in [-0.15, -0.1) is 5.10 Å². The topological polar surface area (TPSA) is 46.9 Å². The molecule has 0 amide bonds. The number of nitrogens with one attached hydrogen (secondary N) is 1. The van der Waals surface area contributed by atoms with E-state index in [2.05, 4.69) is 17.4 Å². The molecule has 1 aliphatic heterocycles. The highest BCUT2D eigenvalue weighted by molar-refractivity contribution is 8.08. The van der Waals surface area contributed by atoms with Gasteiger partial charge >= 0.3 is 0 Å². The minimum absolute atomic E-state index is 0.0316. The summed E-state index contributed by atoms with van der Waals surface area (Å²) in [6, 6.07) is 27.8. The van der Waals surface area contributed by atoms with E-state index in [0.717, 1.165) is 38.3 Å².